The molecule has 0 N–H and O–H groups in total. The van der Waals surface area contributed by atoms with Gasteiger partial charge in [0.25, 0.3) is 0 Å². The largest absolute Gasteiger partial charge is 0.496 e. The zero-order valence-electron chi connectivity index (χ0n) is 21.4. The van der Waals surface area contributed by atoms with Crippen molar-refractivity contribution in [3.05, 3.63) is 59.1 Å². The molecule has 1 atom stereocenters. The Bertz CT molecular complexity index is 1540. The summed E-state index contributed by atoms with van der Waals surface area (Å²) in [5, 5.41) is 10.2. The van der Waals surface area contributed by atoms with Crippen molar-refractivity contribution < 1.29 is 13.4 Å². The van der Waals surface area contributed by atoms with E-state index in [9.17, 15) is 9.47 Å². The highest BCUT2D eigenvalue weighted by molar-refractivity contribution is 7.85. The predicted octanol–water partition coefficient (Wildman–Crippen LogP) is 6.03. The summed E-state index contributed by atoms with van der Waals surface area (Å²) in [6, 6.07) is 11.2. The minimum atomic E-state index is -1.59. The maximum atomic E-state index is 13.3. The summed E-state index contributed by atoms with van der Waals surface area (Å²) < 4.78 is 31.5. The summed E-state index contributed by atoms with van der Waals surface area (Å²) >= 11 is 0. The monoisotopic (exact) mass is 490 g/mol. The van der Waals surface area contributed by atoms with Crippen LogP contribution in [-0.2, 0) is 16.5 Å². The highest BCUT2D eigenvalue weighted by atomic mass is 32.2. The lowest BCUT2D eigenvalue weighted by Crippen LogP contribution is -2.22. The molecule has 4 aromatic rings. The van der Waals surface area contributed by atoms with E-state index in [0.29, 0.717) is 33.7 Å². The number of hydrogen-bond acceptors (Lipinski definition) is 5. The minimum absolute atomic E-state index is 0.158. The Kier molecular flexibility index (Phi) is 6.10. The number of nitriles is 1. The fourth-order valence-electron chi connectivity index (χ4n) is 3.98. The molecule has 2 aromatic carbocycles. The molecule has 0 aliphatic rings. The molecule has 0 bridgehead atoms. The van der Waals surface area contributed by atoms with Crippen LogP contribution in [0.3, 0.4) is 0 Å². The van der Waals surface area contributed by atoms with E-state index >= 15 is 0 Å². The molecule has 182 valence electrons. The quantitative estimate of drug-likeness (QED) is 0.326. The molecule has 7 nitrogen and oxygen atoms in total. The number of ether oxygens (including phenoxy) is 1. The molecule has 0 aliphatic heterocycles. The van der Waals surface area contributed by atoms with Crippen molar-refractivity contribution in [1.82, 2.24) is 9.55 Å². The van der Waals surface area contributed by atoms with Gasteiger partial charge in [-0.1, -0.05) is 0 Å². The second-order valence-corrected chi connectivity index (χ2v) is 12.4. The molecular formula is C27H30N4O3S. The van der Waals surface area contributed by atoms with Crippen molar-refractivity contribution in [3.63, 3.8) is 0 Å². The maximum absolute atomic E-state index is 13.3. The fourth-order valence-corrected chi connectivity index (χ4v) is 4.59. The van der Waals surface area contributed by atoms with Gasteiger partial charge in [-0.25, -0.2) is 9.19 Å². The first-order chi connectivity index (χ1) is 16.3. The number of benzene rings is 2. The third-order valence-corrected chi connectivity index (χ3v) is 7.12. The Hall–Kier alpha value is -3.44. The van der Waals surface area contributed by atoms with Crippen LogP contribution in [-0.4, -0.2) is 31.3 Å². The Labute approximate surface area is 208 Å². The van der Waals surface area contributed by atoms with E-state index in [1.807, 2.05) is 46.0 Å². The molecule has 0 amide bonds. The van der Waals surface area contributed by atoms with Crippen LogP contribution in [0.15, 0.2) is 45.3 Å². The summed E-state index contributed by atoms with van der Waals surface area (Å²) in [5.74, 6) is 0.811. The van der Waals surface area contributed by atoms with E-state index in [1.165, 1.54) is 0 Å². The van der Waals surface area contributed by atoms with Gasteiger partial charge in [-0.3, -0.25) is 0 Å². The molecule has 8 heteroatoms. The van der Waals surface area contributed by atoms with Crippen molar-refractivity contribution in [2.45, 2.75) is 58.8 Å². The van der Waals surface area contributed by atoms with Gasteiger partial charge in [-0.15, -0.1) is 0 Å². The molecule has 0 saturated heterocycles. The standard InChI is InChI=1S/C27H30N4O3S/c1-16-13-21(33-8)22(18-11-12-31(24(16)18)26(2,3)4)23(30-35(32)27(5,6)7)25-29-19-14-17(15-28)9-10-20(19)34-25/h9-14H,1-8H3. The van der Waals surface area contributed by atoms with Crippen molar-refractivity contribution in [1.29, 1.82) is 5.26 Å². The van der Waals surface area contributed by atoms with E-state index in [4.69, 9.17) is 9.15 Å². The number of methoxy groups -OCH3 is 1. The summed E-state index contributed by atoms with van der Waals surface area (Å²) in [7, 11) is 0.0140. The average molecular weight is 491 g/mol. The minimum Gasteiger partial charge on any atom is -0.496 e. The molecule has 0 saturated carbocycles. The van der Waals surface area contributed by atoms with Crippen LogP contribution in [0.25, 0.3) is 22.0 Å². The summed E-state index contributed by atoms with van der Waals surface area (Å²) in [6.07, 6.45) is 2.05. The first kappa shape index (κ1) is 24.7. The van der Waals surface area contributed by atoms with Crippen LogP contribution in [0, 0.1) is 18.3 Å². The molecule has 0 radical (unpaired) electrons. The second-order valence-electron chi connectivity index (χ2n) is 10.5. The van der Waals surface area contributed by atoms with Gasteiger partial charge in [0, 0.05) is 17.1 Å². The first-order valence-corrected chi connectivity index (χ1v) is 12.5. The number of hydrogen-bond donors (Lipinski definition) is 0. The molecular weight excluding hydrogens is 460 g/mol. The van der Waals surface area contributed by atoms with Crippen molar-refractivity contribution in [2.75, 3.05) is 7.11 Å². The molecule has 0 fully saturated rings. The van der Waals surface area contributed by atoms with Crippen LogP contribution < -0.4 is 4.74 Å². The normalized spacial score (nSPS) is 13.9. The number of rotatable bonds is 4. The van der Waals surface area contributed by atoms with Crippen LogP contribution in [0.2, 0.25) is 0 Å². The second kappa shape index (κ2) is 8.65. The van der Waals surface area contributed by atoms with Gasteiger partial charge in [0.05, 0.1) is 34.6 Å². The lowest BCUT2D eigenvalue weighted by atomic mass is 9.99. The first-order valence-electron chi connectivity index (χ1n) is 11.4. The van der Waals surface area contributed by atoms with Gasteiger partial charge in [-0.05, 0) is 84.4 Å². The number of oxazole rings is 1. The van der Waals surface area contributed by atoms with E-state index < -0.39 is 15.7 Å². The smallest absolute Gasteiger partial charge is 0.247 e. The predicted molar refractivity (Wildman–Crippen MR) is 140 cm³/mol. The molecule has 2 aromatic heterocycles. The van der Waals surface area contributed by atoms with Crippen molar-refractivity contribution in [2.24, 2.45) is 4.40 Å². The molecule has 0 aliphatic carbocycles. The zero-order valence-corrected chi connectivity index (χ0v) is 22.2. The fraction of sp³-hybridized carbons (Fsp3) is 0.370. The average Bonchev–Trinajstić information content (AvgIpc) is 3.41. The molecule has 0 spiro atoms. The van der Waals surface area contributed by atoms with E-state index in [-0.39, 0.29) is 11.4 Å². The summed E-state index contributed by atoms with van der Waals surface area (Å²) in [5.41, 5.74) is 4.47. The highest BCUT2D eigenvalue weighted by Gasteiger charge is 2.29. The molecule has 2 heterocycles. The lowest BCUT2D eigenvalue weighted by Gasteiger charge is -2.24. The molecule has 35 heavy (non-hydrogen) atoms. The third-order valence-electron chi connectivity index (χ3n) is 5.72. The Morgan fingerprint density at radius 1 is 1.17 bits per heavy atom. The lowest BCUT2D eigenvalue weighted by molar-refractivity contribution is 0.408. The Morgan fingerprint density at radius 2 is 1.89 bits per heavy atom. The topological polar surface area (TPSA) is 93.4 Å². The van der Waals surface area contributed by atoms with Crippen LogP contribution >= 0.6 is 0 Å². The number of aromatic nitrogens is 2. The third kappa shape index (κ3) is 4.48. The van der Waals surface area contributed by atoms with E-state index in [1.54, 1.807) is 25.3 Å². The number of nitrogens with zero attached hydrogens (tertiary/aromatic N) is 4. The van der Waals surface area contributed by atoms with Crippen LogP contribution in [0.4, 0.5) is 0 Å². The molecule has 1 unspecified atom stereocenters. The summed E-state index contributed by atoms with van der Waals surface area (Å²) in [4.78, 5) is 4.65. The van der Waals surface area contributed by atoms with Crippen LogP contribution in [0.1, 0.15) is 64.1 Å². The van der Waals surface area contributed by atoms with Gasteiger partial charge in [0.2, 0.25) is 5.89 Å². The molecule has 4 rings (SSSR count). The Morgan fingerprint density at radius 3 is 2.49 bits per heavy atom. The SMILES string of the molecule is COc1cc(C)c2c(ccn2C(C)(C)C)c1C(=NS(=O)C(C)(C)C)c1nc2cc(C#N)ccc2o1. The maximum Gasteiger partial charge on any atom is 0.247 e. The van der Waals surface area contributed by atoms with Gasteiger partial charge in [-0.2, -0.15) is 9.66 Å². The number of aryl methyl sites for hydroxylation is 1. The zero-order chi connectivity index (χ0) is 25.7. The number of fused-ring (bicyclic) bond motifs is 2. The van der Waals surface area contributed by atoms with Gasteiger partial charge in [0.1, 0.15) is 28.0 Å². The van der Waals surface area contributed by atoms with Gasteiger partial charge in [0.15, 0.2) is 5.58 Å². The van der Waals surface area contributed by atoms with Crippen molar-refractivity contribution in [3.8, 4) is 11.8 Å². The van der Waals surface area contributed by atoms with E-state index in [0.717, 1.165) is 16.5 Å². The van der Waals surface area contributed by atoms with Gasteiger partial charge < -0.3 is 13.7 Å². The van der Waals surface area contributed by atoms with Gasteiger partial charge >= 0.3 is 0 Å². The Balaban J connectivity index is 2.10. The summed E-state index contributed by atoms with van der Waals surface area (Å²) in [6.45, 7) is 14.1. The van der Waals surface area contributed by atoms with E-state index in [2.05, 4.69) is 40.8 Å². The van der Waals surface area contributed by atoms with Crippen molar-refractivity contribution >= 4 is 38.7 Å². The highest BCUT2D eigenvalue weighted by Crippen LogP contribution is 2.37. The van der Waals surface area contributed by atoms with Crippen LogP contribution in [0.5, 0.6) is 5.75 Å².